The third kappa shape index (κ3) is 5.17. The largest absolute Gasteiger partial charge is 0.418 e. The minimum atomic E-state index is -4.52. The summed E-state index contributed by atoms with van der Waals surface area (Å²) in [6.07, 6.45) is 7.32. The van der Waals surface area contributed by atoms with Gasteiger partial charge >= 0.3 is 11.9 Å². The number of rotatable bonds is 6. The van der Waals surface area contributed by atoms with Crippen molar-refractivity contribution in [2.45, 2.75) is 83.2 Å². The van der Waals surface area contributed by atoms with Gasteiger partial charge in [-0.1, -0.05) is 13.3 Å². The number of hydrogen-bond acceptors (Lipinski definition) is 5. The van der Waals surface area contributed by atoms with Crippen LogP contribution in [0.1, 0.15) is 75.5 Å². The molecule has 0 aromatic carbocycles. The SMILES string of the molecule is C[C@H]1CCCN(Cc2cc(C(F)(F)F)c3cn(C4CCCC([C@@H](C5CC5)C5NNCN5C)C4)c(=O)n3c2)C1. The van der Waals surface area contributed by atoms with Crippen molar-refractivity contribution >= 4 is 5.52 Å². The second-order valence-electron chi connectivity index (χ2n) is 12.5. The van der Waals surface area contributed by atoms with E-state index in [0.717, 1.165) is 58.3 Å². The van der Waals surface area contributed by atoms with Crippen LogP contribution in [-0.4, -0.2) is 51.7 Å². The second kappa shape index (κ2) is 10.3. The van der Waals surface area contributed by atoms with Gasteiger partial charge in [0, 0.05) is 31.5 Å². The van der Waals surface area contributed by atoms with E-state index in [1.165, 1.54) is 29.5 Å². The maximum atomic E-state index is 14.2. The van der Waals surface area contributed by atoms with Crippen LogP contribution in [0.2, 0.25) is 0 Å². The molecule has 3 unspecified atom stereocenters. The lowest BCUT2D eigenvalue weighted by molar-refractivity contribution is -0.136. The van der Waals surface area contributed by atoms with E-state index in [4.69, 9.17) is 0 Å². The molecule has 2 aliphatic carbocycles. The molecule has 4 heterocycles. The van der Waals surface area contributed by atoms with Crippen molar-refractivity contribution < 1.29 is 13.2 Å². The Morgan fingerprint density at radius 2 is 1.89 bits per heavy atom. The number of likely N-dealkylation sites (tertiary alicyclic amines) is 1. The molecule has 4 aliphatic rings. The highest BCUT2D eigenvalue weighted by Gasteiger charge is 2.45. The quantitative estimate of drug-likeness (QED) is 0.574. The molecule has 38 heavy (non-hydrogen) atoms. The number of fused-ring (bicyclic) bond motifs is 1. The molecule has 7 nitrogen and oxygen atoms in total. The first-order chi connectivity index (χ1) is 18.2. The molecular weight excluding hydrogens is 493 g/mol. The van der Waals surface area contributed by atoms with Crippen LogP contribution in [0.25, 0.3) is 5.52 Å². The monoisotopic (exact) mass is 534 g/mol. The van der Waals surface area contributed by atoms with Crippen LogP contribution in [0.15, 0.2) is 23.3 Å². The summed E-state index contributed by atoms with van der Waals surface area (Å²) < 4.78 is 45.6. The summed E-state index contributed by atoms with van der Waals surface area (Å²) in [5.74, 6) is 2.14. The third-order valence-corrected chi connectivity index (χ3v) is 9.51. The first kappa shape index (κ1) is 26.3. The first-order valence-electron chi connectivity index (χ1n) is 14.4. The Balaban J connectivity index is 1.31. The van der Waals surface area contributed by atoms with Crippen molar-refractivity contribution in [1.29, 1.82) is 0 Å². The summed E-state index contributed by atoms with van der Waals surface area (Å²) in [5.41, 5.74) is 6.19. The number of hydrogen-bond donors (Lipinski definition) is 2. The lowest BCUT2D eigenvalue weighted by Gasteiger charge is -2.39. The lowest BCUT2D eigenvalue weighted by atomic mass is 9.74. The molecule has 2 aromatic heterocycles. The predicted molar refractivity (Wildman–Crippen MR) is 140 cm³/mol. The molecule has 2 N–H and O–H groups in total. The standard InChI is InChI=1S/C28H41F3N6O/c1-18-5-4-10-35(13-18)14-19-11-23(28(29,30)31)24-16-36(27(38)37(24)15-19)22-7-3-6-21(12-22)25(20-8-9-20)26-33-32-17-34(26)2/h11,15-16,18,20-22,25-26,32-33H,3-10,12-14,17H2,1-2H3/t18-,21?,22?,25+,26?/m0/s1. The molecular formula is C28H41F3N6O. The van der Waals surface area contributed by atoms with Crippen LogP contribution in [-0.2, 0) is 12.7 Å². The highest BCUT2D eigenvalue weighted by Crippen LogP contribution is 2.49. The van der Waals surface area contributed by atoms with E-state index in [1.807, 2.05) is 0 Å². The van der Waals surface area contributed by atoms with E-state index in [1.54, 1.807) is 10.8 Å². The van der Waals surface area contributed by atoms with Crippen molar-refractivity contribution in [3.63, 3.8) is 0 Å². The van der Waals surface area contributed by atoms with Gasteiger partial charge in [0.25, 0.3) is 0 Å². The van der Waals surface area contributed by atoms with Gasteiger partial charge < -0.3 is 0 Å². The normalized spacial score (nSPS) is 30.8. The zero-order valence-corrected chi connectivity index (χ0v) is 22.5. The molecule has 2 aliphatic heterocycles. The number of imidazole rings is 1. The third-order valence-electron chi connectivity index (χ3n) is 9.51. The minimum absolute atomic E-state index is 0.0273. The summed E-state index contributed by atoms with van der Waals surface area (Å²) in [6.45, 7) is 5.18. The molecule has 5 atom stereocenters. The number of alkyl halides is 3. The highest BCUT2D eigenvalue weighted by molar-refractivity contribution is 5.56. The lowest BCUT2D eigenvalue weighted by Crippen LogP contribution is -2.46. The van der Waals surface area contributed by atoms with Gasteiger partial charge in [-0.3, -0.25) is 18.8 Å². The van der Waals surface area contributed by atoms with Crippen molar-refractivity contribution in [3.05, 3.63) is 40.1 Å². The van der Waals surface area contributed by atoms with Gasteiger partial charge in [0.15, 0.2) is 0 Å². The van der Waals surface area contributed by atoms with Gasteiger partial charge in [-0.15, -0.1) is 0 Å². The van der Waals surface area contributed by atoms with Gasteiger partial charge in [0.1, 0.15) is 0 Å². The van der Waals surface area contributed by atoms with Crippen molar-refractivity contribution in [2.75, 3.05) is 26.8 Å². The molecule has 2 aromatic rings. The average Bonchev–Trinajstić information content (AvgIpc) is 3.53. The first-order valence-corrected chi connectivity index (χ1v) is 14.4. The van der Waals surface area contributed by atoms with Crippen LogP contribution in [0.3, 0.4) is 0 Å². The molecule has 10 heteroatoms. The zero-order chi connectivity index (χ0) is 26.6. The average molecular weight is 535 g/mol. The van der Waals surface area contributed by atoms with Gasteiger partial charge in [-0.25, -0.2) is 15.6 Å². The predicted octanol–water partition coefficient (Wildman–Crippen LogP) is 4.43. The van der Waals surface area contributed by atoms with Crippen molar-refractivity contribution in [2.24, 2.45) is 23.7 Å². The van der Waals surface area contributed by atoms with Crippen molar-refractivity contribution in [3.8, 4) is 0 Å². The Bertz CT molecular complexity index is 1200. The van der Waals surface area contributed by atoms with Gasteiger partial charge in [-0.05, 0) is 93.8 Å². The molecule has 0 radical (unpaired) electrons. The summed E-state index contributed by atoms with van der Waals surface area (Å²) in [6, 6.07) is 1.19. The van der Waals surface area contributed by atoms with Gasteiger partial charge in [0.2, 0.25) is 0 Å². The number of pyridine rings is 1. The van der Waals surface area contributed by atoms with E-state index >= 15 is 0 Å². The van der Waals surface area contributed by atoms with Crippen molar-refractivity contribution in [1.82, 2.24) is 29.6 Å². The molecule has 0 bridgehead atoms. The number of nitrogens with one attached hydrogen (secondary N) is 2. The van der Waals surface area contributed by atoms with Crippen LogP contribution < -0.4 is 16.5 Å². The number of hydrazine groups is 1. The fourth-order valence-electron chi connectivity index (χ4n) is 7.58. The Morgan fingerprint density at radius 1 is 1.08 bits per heavy atom. The molecule has 210 valence electrons. The van der Waals surface area contributed by atoms with Gasteiger partial charge in [0.05, 0.1) is 23.9 Å². The summed E-state index contributed by atoms with van der Waals surface area (Å²) >= 11 is 0. The summed E-state index contributed by atoms with van der Waals surface area (Å²) in [5, 5.41) is 0. The Morgan fingerprint density at radius 3 is 2.58 bits per heavy atom. The molecule has 2 saturated heterocycles. The zero-order valence-electron chi connectivity index (χ0n) is 22.5. The van der Waals surface area contributed by atoms with E-state index < -0.39 is 11.7 Å². The van der Waals surface area contributed by atoms with E-state index in [0.29, 0.717) is 35.8 Å². The molecule has 2 saturated carbocycles. The smallest absolute Gasteiger partial charge is 0.299 e. The molecule has 0 spiro atoms. The summed E-state index contributed by atoms with van der Waals surface area (Å²) in [7, 11) is 2.12. The Hall–Kier alpha value is -1.88. The molecule has 0 amide bonds. The van der Waals surface area contributed by atoms with E-state index in [9.17, 15) is 18.0 Å². The number of halogens is 3. The molecule has 6 rings (SSSR count). The van der Waals surface area contributed by atoms with Gasteiger partial charge in [-0.2, -0.15) is 13.2 Å². The summed E-state index contributed by atoms with van der Waals surface area (Å²) in [4.78, 5) is 18.2. The topological polar surface area (TPSA) is 57.0 Å². The molecule has 4 fully saturated rings. The van der Waals surface area contributed by atoms with E-state index in [2.05, 4.69) is 34.6 Å². The number of piperidine rings is 1. The van der Waals surface area contributed by atoms with Crippen LogP contribution >= 0.6 is 0 Å². The maximum absolute atomic E-state index is 14.2. The van der Waals surface area contributed by atoms with E-state index in [-0.39, 0.29) is 23.4 Å². The fourth-order valence-corrected chi connectivity index (χ4v) is 7.58. The Labute approximate surface area is 222 Å². The second-order valence-corrected chi connectivity index (χ2v) is 12.5. The number of nitrogens with zero attached hydrogens (tertiary/aromatic N) is 4. The maximum Gasteiger partial charge on any atom is 0.418 e. The van der Waals surface area contributed by atoms with Crippen LogP contribution in [0, 0.1) is 23.7 Å². The Kier molecular flexibility index (Phi) is 7.12. The number of aromatic nitrogens is 2. The van der Waals surface area contributed by atoms with Crippen LogP contribution in [0.4, 0.5) is 13.2 Å². The minimum Gasteiger partial charge on any atom is -0.299 e. The highest BCUT2D eigenvalue weighted by atomic mass is 19.4. The van der Waals surface area contributed by atoms with Crippen LogP contribution in [0.5, 0.6) is 0 Å². The fraction of sp³-hybridized carbons (Fsp3) is 0.750.